The first kappa shape index (κ1) is 16.6. The van der Waals surface area contributed by atoms with Crippen LogP contribution in [0.25, 0.3) is 0 Å². The lowest BCUT2D eigenvalue weighted by molar-refractivity contribution is -0.115. The topological polar surface area (TPSA) is 54.0 Å². The van der Waals surface area contributed by atoms with Crippen molar-refractivity contribution in [2.45, 2.75) is 6.42 Å². The van der Waals surface area contributed by atoms with Crippen LogP contribution < -0.4 is 10.6 Å². The van der Waals surface area contributed by atoms with E-state index < -0.39 is 11.6 Å². The summed E-state index contributed by atoms with van der Waals surface area (Å²) in [5.74, 6) is -1.58. The minimum absolute atomic E-state index is 0.167. The number of nitrogens with one attached hydrogen (secondary N) is 2. The van der Waals surface area contributed by atoms with Crippen LogP contribution in [0, 0.1) is 11.6 Å². The maximum absolute atomic E-state index is 13.2. The van der Waals surface area contributed by atoms with Crippen molar-refractivity contribution in [3.05, 3.63) is 84.1 Å². The van der Waals surface area contributed by atoms with Gasteiger partial charge in [0.2, 0.25) is 5.91 Å². The number of aromatic nitrogens is 1. The molecule has 2 N–H and O–H groups in total. The molecule has 4 nitrogen and oxygen atoms in total. The summed E-state index contributed by atoms with van der Waals surface area (Å²) < 4.78 is 26.1. The van der Waals surface area contributed by atoms with Gasteiger partial charge in [-0.3, -0.25) is 4.79 Å². The summed E-state index contributed by atoms with van der Waals surface area (Å²) >= 11 is 0. The molecule has 6 heteroatoms. The molecule has 0 aliphatic carbocycles. The van der Waals surface area contributed by atoms with E-state index in [2.05, 4.69) is 15.6 Å². The van der Waals surface area contributed by atoms with Crippen LogP contribution in [0.4, 0.5) is 26.0 Å². The first-order valence-corrected chi connectivity index (χ1v) is 7.62. The second kappa shape index (κ2) is 7.53. The molecule has 0 aliphatic rings. The van der Waals surface area contributed by atoms with E-state index in [-0.39, 0.29) is 12.3 Å². The molecule has 0 unspecified atom stereocenters. The molecule has 25 heavy (non-hydrogen) atoms. The van der Waals surface area contributed by atoms with Gasteiger partial charge in [-0.1, -0.05) is 30.3 Å². The molecular weight excluding hydrogens is 324 g/mol. The average Bonchev–Trinajstić information content (AvgIpc) is 2.61. The molecule has 3 aromatic rings. The normalized spacial score (nSPS) is 10.3. The number of amides is 1. The summed E-state index contributed by atoms with van der Waals surface area (Å²) in [5, 5.41) is 5.62. The minimum Gasteiger partial charge on any atom is -0.354 e. The molecule has 0 atom stereocenters. The Balaban J connectivity index is 1.60. The third kappa shape index (κ3) is 4.60. The van der Waals surface area contributed by atoms with Gasteiger partial charge in [-0.15, -0.1) is 0 Å². The molecule has 126 valence electrons. The lowest BCUT2D eigenvalue weighted by Crippen LogP contribution is -2.15. The van der Waals surface area contributed by atoms with Crippen LogP contribution in [0.5, 0.6) is 0 Å². The van der Waals surface area contributed by atoms with Crippen molar-refractivity contribution >= 4 is 23.1 Å². The molecular formula is C19H15F2N3O. The van der Waals surface area contributed by atoms with Crippen LogP contribution in [0.2, 0.25) is 0 Å². The van der Waals surface area contributed by atoms with Crippen LogP contribution >= 0.6 is 0 Å². The Morgan fingerprint density at radius 3 is 2.36 bits per heavy atom. The lowest BCUT2D eigenvalue weighted by Gasteiger charge is -2.08. The zero-order chi connectivity index (χ0) is 17.6. The highest BCUT2D eigenvalue weighted by Gasteiger charge is 2.06. The zero-order valence-corrected chi connectivity index (χ0v) is 13.2. The summed E-state index contributed by atoms with van der Waals surface area (Å²) in [4.78, 5) is 16.1. The summed E-state index contributed by atoms with van der Waals surface area (Å²) in [7, 11) is 0. The number of benzene rings is 2. The van der Waals surface area contributed by atoms with Crippen molar-refractivity contribution in [2.75, 3.05) is 10.6 Å². The quantitative estimate of drug-likeness (QED) is 0.729. The number of hydrogen-bond donors (Lipinski definition) is 2. The lowest BCUT2D eigenvalue weighted by atomic mass is 10.1. The van der Waals surface area contributed by atoms with Gasteiger partial charge in [-0.05, 0) is 29.8 Å². The van der Waals surface area contributed by atoms with Crippen LogP contribution in [-0.2, 0) is 11.2 Å². The molecule has 0 saturated carbocycles. The Hall–Kier alpha value is -3.28. The highest BCUT2D eigenvalue weighted by Crippen LogP contribution is 2.19. The third-order valence-electron chi connectivity index (χ3n) is 3.45. The van der Waals surface area contributed by atoms with Gasteiger partial charge in [0.15, 0.2) is 11.6 Å². The minimum atomic E-state index is -0.928. The molecule has 1 amide bonds. The summed E-state index contributed by atoms with van der Waals surface area (Å²) in [6, 6.07) is 16.2. The smallest absolute Gasteiger partial charge is 0.229 e. The Bertz CT molecular complexity index is 868. The fraction of sp³-hybridized carbons (Fsp3) is 0.0526. The molecule has 0 aliphatic heterocycles. The van der Waals surface area contributed by atoms with Crippen molar-refractivity contribution in [1.29, 1.82) is 0 Å². The summed E-state index contributed by atoms with van der Waals surface area (Å²) in [6.45, 7) is 0. The number of hydrogen-bond acceptors (Lipinski definition) is 3. The number of halogens is 2. The third-order valence-corrected chi connectivity index (χ3v) is 3.45. The van der Waals surface area contributed by atoms with Crippen molar-refractivity contribution in [3.63, 3.8) is 0 Å². The maximum atomic E-state index is 13.2. The second-order valence-corrected chi connectivity index (χ2v) is 5.40. The Labute approximate surface area is 143 Å². The molecule has 3 rings (SSSR count). The zero-order valence-electron chi connectivity index (χ0n) is 13.2. The monoisotopic (exact) mass is 339 g/mol. The SMILES string of the molecule is O=C(Cc1ccccc1)Nc1ccc(Nc2ccc(F)c(F)c2)cn1. The van der Waals surface area contributed by atoms with Gasteiger partial charge < -0.3 is 10.6 Å². The first-order chi connectivity index (χ1) is 12.1. The highest BCUT2D eigenvalue weighted by atomic mass is 19.2. The molecule has 0 bridgehead atoms. The van der Waals surface area contributed by atoms with Crippen LogP contribution in [0.1, 0.15) is 5.56 Å². The van der Waals surface area contributed by atoms with Crippen LogP contribution in [-0.4, -0.2) is 10.9 Å². The standard InChI is InChI=1S/C19H15F2N3O/c20-16-8-6-14(11-17(16)21)23-15-7-9-18(22-12-15)24-19(25)10-13-4-2-1-3-5-13/h1-9,11-12,23H,10H2,(H,22,24,25). The molecule has 0 radical (unpaired) electrons. The number of carbonyl (C=O) groups is 1. The van der Waals surface area contributed by atoms with Gasteiger partial charge in [0.25, 0.3) is 0 Å². The highest BCUT2D eigenvalue weighted by molar-refractivity contribution is 5.91. The number of rotatable bonds is 5. The molecule has 0 saturated heterocycles. The first-order valence-electron chi connectivity index (χ1n) is 7.62. The average molecular weight is 339 g/mol. The number of carbonyl (C=O) groups excluding carboxylic acids is 1. The maximum Gasteiger partial charge on any atom is 0.229 e. The number of nitrogens with zero attached hydrogens (tertiary/aromatic N) is 1. The second-order valence-electron chi connectivity index (χ2n) is 5.40. The van der Waals surface area contributed by atoms with E-state index in [1.165, 1.54) is 12.3 Å². The van der Waals surface area contributed by atoms with E-state index in [9.17, 15) is 13.6 Å². The van der Waals surface area contributed by atoms with Gasteiger partial charge in [-0.2, -0.15) is 0 Å². The fourth-order valence-electron chi connectivity index (χ4n) is 2.25. The van der Waals surface area contributed by atoms with Crippen LogP contribution in [0.3, 0.4) is 0 Å². The van der Waals surface area contributed by atoms with E-state index in [1.807, 2.05) is 30.3 Å². The fourth-order valence-corrected chi connectivity index (χ4v) is 2.25. The van der Waals surface area contributed by atoms with E-state index in [0.29, 0.717) is 17.2 Å². The largest absolute Gasteiger partial charge is 0.354 e. The van der Waals surface area contributed by atoms with E-state index in [4.69, 9.17) is 0 Å². The molecule has 0 fully saturated rings. The van der Waals surface area contributed by atoms with Gasteiger partial charge in [0.1, 0.15) is 5.82 Å². The number of pyridine rings is 1. The Morgan fingerprint density at radius 1 is 0.920 bits per heavy atom. The predicted octanol–water partition coefficient (Wildman–Crippen LogP) is 4.28. The van der Waals surface area contributed by atoms with Gasteiger partial charge >= 0.3 is 0 Å². The molecule has 0 spiro atoms. The predicted molar refractivity (Wildman–Crippen MR) is 92.7 cm³/mol. The Morgan fingerprint density at radius 2 is 1.68 bits per heavy atom. The van der Waals surface area contributed by atoms with Gasteiger partial charge in [-0.25, -0.2) is 13.8 Å². The van der Waals surface area contributed by atoms with E-state index >= 15 is 0 Å². The van der Waals surface area contributed by atoms with Crippen LogP contribution in [0.15, 0.2) is 66.9 Å². The Kier molecular flexibility index (Phi) is 4.99. The van der Waals surface area contributed by atoms with E-state index in [0.717, 1.165) is 17.7 Å². The van der Waals surface area contributed by atoms with Crippen molar-refractivity contribution in [1.82, 2.24) is 4.98 Å². The van der Waals surface area contributed by atoms with Crippen molar-refractivity contribution in [2.24, 2.45) is 0 Å². The van der Waals surface area contributed by atoms with E-state index in [1.54, 1.807) is 12.1 Å². The molecule has 2 aromatic carbocycles. The number of anilines is 3. The summed E-state index contributed by atoms with van der Waals surface area (Å²) in [6.07, 6.45) is 1.76. The molecule has 1 aromatic heterocycles. The van der Waals surface area contributed by atoms with Crippen molar-refractivity contribution < 1.29 is 13.6 Å². The van der Waals surface area contributed by atoms with Gasteiger partial charge in [0.05, 0.1) is 18.3 Å². The summed E-state index contributed by atoms with van der Waals surface area (Å²) in [5.41, 5.74) is 1.91. The van der Waals surface area contributed by atoms with Crippen molar-refractivity contribution in [3.8, 4) is 0 Å². The van der Waals surface area contributed by atoms with Gasteiger partial charge in [0, 0.05) is 11.8 Å². The molecule has 1 heterocycles.